The van der Waals surface area contributed by atoms with Gasteiger partial charge >= 0.3 is 0 Å². The Balaban J connectivity index is 1.77. The molecule has 118 valence electrons. The molecule has 0 spiro atoms. The maximum absolute atomic E-state index is 5.25. The Morgan fingerprint density at radius 1 is 1.23 bits per heavy atom. The van der Waals surface area contributed by atoms with Crippen LogP contribution in [0.3, 0.4) is 0 Å². The quantitative estimate of drug-likeness (QED) is 0.887. The molecule has 1 saturated heterocycles. The lowest BCUT2D eigenvalue weighted by atomic mass is 10.1. The number of anilines is 1. The molecular weight excluding hydrogens is 296 g/mol. The van der Waals surface area contributed by atoms with Crippen molar-refractivity contribution in [3.8, 4) is 5.75 Å². The van der Waals surface area contributed by atoms with Gasteiger partial charge in [-0.3, -0.25) is 0 Å². The molecule has 0 radical (unpaired) electrons. The van der Waals surface area contributed by atoms with Gasteiger partial charge in [-0.1, -0.05) is 23.5 Å². The van der Waals surface area contributed by atoms with Crippen LogP contribution in [0.15, 0.2) is 24.3 Å². The summed E-state index contributed by atoms with van der Waals surface area (Å²) in [5.41, 5.74) is 1.25. The predicted molar refractivity (Wildman–Crippen MR) is 89.7 cm³/mol. The molecule has 2 heterocycles. The highest BCUT2D eigenvalue weighted by atomic mass is 32.1. The van der Waals surface area contributed by atoms with Crippen LogP contribution in [0.1, 0.15) is 29.5 Å². The molecule has 1 atom stereocenters. The summed E-state index contributed by atoms with van der Waals surface area (Å²) >= 11 is 1.60. The van der Waals surface area contributed by atoms with Crippen LogP contribution in [0, 0.1) is 6.92 Å². The van der Waals surface area contributed by atoms with Gasteiger partial charge in [0, 0.05) is 6.54 Å². The zero-order chi connectivity index (χ0) is 15.4. The topological polar surface area (TPSA) is 50.3 Å². The Kier molecular flexibility index (Phi) is 4.90. The minimum Gasteiger partial charge on any atom is -0.497 e. The molecule has 1 aromatic carbocycles. The van der Waals surface area contributed by atoms with Gasteiger partial charge < -0.3 is 15.0 Å². The number of benzene rings is 1. The maximum Gasteiger partial charge on any atom is 0.206 e. The van der Waals surface area contributed by atoms with Gasteiger partial charge in [-0.2, -0.15) is 0 Å². The fourth-order valence-corrected chi connectivity index (χ4v) is 3.44. The van der Waals surface area contributed by atoms with Gasteiger partial charge in [0.05, 0.1) is 13.2 Å². The van der Waals surface area contributed by atoms with Gasteiger partial charge in [0.1, 0.15) is 10.8 Å². The molecule has 1 aliphatic heterocycles. The second-order valence-electron chi connectivity index (χ2n) is 5.60. The van der Waals surface area contributed by atoms with E-state index in [0.717, 1.165) is 22.4 Å². The van der Waals surface area contributed by atoms with Gasteiger partial charge in [0.2, 0.25) is 5.13 Å². The van der Waals surface area contributed by atoms with Crippen molar-refractivity contribution in [1.82, 2.24) is 15.1 Å². The Bertz CT molecular complexity index is 592. The highest BCUT2D eigenvalue weighted by Crippen LogP contribution is 2.25. The molecule has 0 bridgehead atoms. The van der Waals surface area contributed by atoms with Crippen molar-refractivity contribution in [3.63, 3.8) is 0 Å². The monoisotopic (exact) mass is 318 g/mol. The van der Waals surface area contributed by atoms with Gasteiger partial charge in [0.25, 0.3) is 0 Å². The number of hydrogen-bond acceptors (Lipinski definition) is 6. The van der Waals surface area contributed by atoms with Crippen LogP contribution >= 0.6 is 11.3 Å². The number of aryl methyl sites for hydroxylation is 1. The molecule has 6 heteroatoms. The minimum absolute atomic E-state index is 0.219. The number of likely N-dealkylation sites (tertiary alicyclic amines) is 1. The van der Waals surface area contributed by atoms with Crippen LogP contribution < -0.4 is 10.1 Å². The van der Waals surface area contributed by atoms with Crippen LogP contribution in [0.4, 0.5) is 5.13 Å². The Morgan fingerprint density at radius 3 is 2.55 bits per heavy atom. The van der Waals surface area contributed by atoms with E-state index in [1.54, 1.807) is 18.4 Å². The lowest BCUT2D eigenvalue weighted by Gasteiger charge is -2.24. The van der Waals surface area contributed by atoms with Crippen molar-refractivity contribution < 1.29 is 4.74 Å². The predicted octanol–water partition coefficient (Wildman–Crippen LogP) is 3.10. The van der Waals surface area contributed by atoms with Gasteiger partial charge in [0.15, 0.2) is 0 Å². The van der Waals surface area contributed by atoms with Gasteiger partial charge in [-0.25, -0.2) is 0 Å². The molecule has 1 aliphatic rings. The van der Waals surface area contributed by atoms with E-state index in [-0.39, 0.29) is 6.04 Å². The van der Waals surface area contributed by atoms with E-state index in [0.29, 0.717) is 0 Å². The molecule has 2 aromatic rings. The highest BCUT2D eigenvalue weighted by Gasteiger charge is 2.20. The van der Waals surface area contributed by atoms with E-state index in [4.69, 9.17) is 4.74 Å². The first-order valence-corrected chi connectivity index (χ1v) is 8.49. The Hall–Kier alpha value is -1.66. The number of rotatable bonds is 6. The number of nitrogens with zero attached hydrogens (tertiary/aromatic N) is 3. The summed E-state index contributed by atoms with van der Waals surface area (Å²) in [7, 11) is 1.69. The third-order valence-electron chi connectivity index (χ3n) is 3.98. The molecule has 3 rings (SSSR count). The zero-order valence-corrected chi connectivity index (χ0v) is 13.9. The van der Waals surface area contributed by atoms with Gasteiger partial charge in [-0.05, 0) is 50.6 Å². The van der Waals surface area contributed by atoms with E-state index < -0.39 is 0 Å². The Labute approximate surface area is 135 Å². The van der Waals surface area contributed by atoms with E-state index >= 15 is 0 Å². The van der Waals surface area contributed by atoms with Crippen molar-refractivity contribution in [3.05, 3.63) is 34.8 Å². The molecule has 1 aromatic heterocycles. The first-order chi connectivity index (χ1) is 10.7. The molecule has 0 aliphatic carbocycles. The highest BCUT2D eigenvalue weighted by molar-refractivity contribution is 7.15. The second kappa shape index (κ2) is 7.07. The Morgan fingerprint density at radius 2 is 1.95 bits per heavy atom. The number of methoxy groups -OCH3 is 1. The summed E-state index contributed by atoms with van der Waals surface area (Å²) in [5.74, 6) is 0.885. The maximum atomic E-state index is 5.25. The van der Waals surface area contributed by atoms with Crippen LogP contribution in [0.2, 0.25) is 0 Å². The van der Waals surface area contributed by atoms with Crippen LogP contribution in [0.25, 0.3) is 0 Å². The van der Waals surface area contributed by atoms with Gasteiger partial charge in [-0.15, -0.1) is 10.2 Å². The molecule has 1 N–H and O–H groups in total. The number of nitrogens with one attached hydrogen (secondary N) is 1. The fourth-order valence-electron chi connectivity index (χ4n) is 2.80. The minimum atomic E-state index is 0.219. The molecule has 1 fully saturated rings. The normalized spacial score (nSPS) is 16.6. The smallest absolute Gasteiger partial charge is 0.206 e. The molecule has 0 amide bonds. The SMILES string of the molecule is COc1ccc(C(CN2CCCC2)Nc2nnc(C)s2)cc1. The fraction of sp³-hybridized carbons (Fsp3) is 0.500. The average Bonchev–Trinajstić information content (AvgIpc) is 3.19. The van der Waals surface area contributed by atoms with Crippen molar-refractivity contribution in [2.75, 3.05) is 32.1 Å². The number of hydrogen-bond donors (Lipinski definition) is 1. The molecule has 5 nitrogen and oxygen atoms in total. The van der Waals surface area contributed by atoms with E-state index in [9.17, 15) is 0 Å². The van der Waals surface area contributed by atoms with E-state index in [2.05, 4.69) is 32.5 Å². The van der Waals surface area contributed by atoms with Crippen LogP contribution in [0.5, 0.6) is 5.75 Å². The summed E-state index contributed by atoms with van der Waals surface area (Å²) in [6, 6.07) is 8.50. The van der Waals surface area contributed by atoms with Crippen LogP contribution in [-0.4, -0.2) is 41.8 Å². The molecule has 0 saturated carbocycles. The summed E-state index contributed by atoms with van der Waals surface area (Å²) in [5, 5.41) is 13.7. The van der Waals surface area contributed by atoms with Crippen molar-refractivity contribution in [1.29, 1.82) is 0 Å². The first kappa shape index (κ1) is 15.2. The van der Waals surface area contributed by atoms with Crippen molar-refractivity contribution >= 4 is 16.5 Å². The average molecular weight is 318 g/mol. The molecule has 22 heavy (non-hydrogen) atoms. The number of ether oxygens (including phenoxy) is 1. The third kappa shape index (κ3) is 3.75. The molecule has 1 unspecified atom stereocenters. The number of aromatic nitrogens is 2. The van der Waals surface area contributed by atoms with E-state index in [1.165, 1.54) is 31.5 Å². The largest absolute Gasteiger partial charge is 0.497 e. The van der Waals surface area contributed by atoms with E-state index in [1.807, 2.05) is 19.1 Å². The zero-order valence-electron chi connectivity index (χ0n) is 13.1. The summed E-state index contributed by atoms with van der Waals surface area (Å²) < 4.78 is 5.25. The standard InChI is InChI=1S/C16H22N4OS/c1-12-18-19-16(22-12)17-15(11-20-9-3-4-10-20)13-5-7-14(21-2)8-6-13/h5-8,15H,3-4,9-11H2,1-2H3,(H,17,19). The second-order valence-corrected chi connectivity index (χ2v) is 6.79. The lowest BCUT2D eigenvalue weighted by Crippen LogP contribution is -2.29. The summed E-state index contributed by atoms with van der Waals surface area (Å²) in [6.45, 7) is 5.34. The van der Waals surface area contributed by atoms with Crippen LogP contribution in [-0.2, 0) is 0 Å². The van der Waals surface area contributed by atoms with Crippen molar-refractivity contribution in [2.24, 2.45) is 0 Å². The molecular formula is C16H22N4OS. The van der Waals surface area contributed by atoms with Crippen molar-refractivity contribution in [2.45, 2.75) is 25.8 Å². The summed E-state index contributed by atoms with van der Waals surface area (Å²) in [4.78, 5) is 2.51. The first-order valence-electron chi connectivity index (χ1n) is 7.67. The summed E-state index contributed by atoms with van der Waals surface area (Å²) in [6.07, 6.45) is 2.60. The lowest BCUT2D eigenvalue weighted by molar-refractivity contribution is 0.323. The third-order valence-corrected chi connectivity index (χ3v) is 4.75.